The van der Waals surface area contributed by atoms with E-state index in [0.29, 0.717) is 6.42 Å². The lowest BCUT2D eigenvalue weighted by Gasteiger charge is -2.40. The van der Waals surface area contributed by atoms with Gasteiger partial charge in [0.2, 0.25) is 5.91 Å². The van der Waals surface area contributed by atoms with Gasteiger partial charge < -0.3 is 14.6 Å². The summed E-state index contributed by atoms with van der Waals surface area (Å²) in [5.74, 6) is 0.843. The quantitative estimate of drug-likeness (QED) is 0.923. The number of aromatic nitrogens is 1. The van der Waals surface area contributed by atoms with Gasteiger partial charge in [0.25, 0.3) is 0 Å². The Bertz CT molecular complexity index is 745. The summed E-state index contributed by atoms with van der Waals surface area (Å²) in [4.78, 5) is 14.7. The molecule has 0 atom stereocenters. The fourth-order valence-electron chi connectivity index (χ4n) is 3.70. The lowest BCUT2D eigenvalue weighted by molar-refractivity contribution is -0.121. The molecule has 1 amide bonds. The molecule has 2 aliphatic heterocycles. The van der Waals surface area contributed by atoms with E-state index in [1.807, 2.05) is 24.3 Å². The normalized spacial score (nSPS) is 20.1. The van der Waals surface area contributed by atoms with E-state index in [1.54, 1.807) is 0 Å². The fourth-order valence-corrected chi connectivity index (χ4v) is 3.70. The van der Waals surface area contributed by atoms with Gasteiger partial charge in [-0.15, -0.1) is 0 Å². The Hall–Kier alpha value is -2.27. The van der Waals surface area contributed by atoms with Gasteiger partial charge in [-0.3, -0.25) is 9.69 Å². The maximum atomic E-state index is 12.3. The van der Waals surface area contributed by atoms with E-state index in [9.17, 15) is 4.79 Å². The number of hydrogen-bond acceptors (Lipinski definition) is 3. The average Bonchev–Trinajstić information content (AvgIpc) is 2.90. The number of ether oxygens (including phenoxy) is 1. The number of para-hydroxylation sites is 2. The highest BCUT2D eigenvalue weighted by Crippen LogP contribution is 2.38. The van der Waals surface area contributed by atoms with Gasteiger partial charge in [0.15, 0.2) is 0 Å². The number of anilines is 1. The number of nitrogens with one attached hydrogen (secondary N) is 1. The summed E-state index contributed by atoms with van der Waals surface area (Å²) in [6.45, 7) is 2.84. The number of hydrogen-bond donors (Lipinski definition) is 1. The van der Waals surface area contributed by atoms with E-state index in [0.717, 1.165) is 43.9 Å². The van der Waals surface area contributed by atoms with Gasteiger partial charge in [-0.1, -0.05) is 12.1 Å². The SMILES string of the molecule is Cn1cccc1CN1CCC2(CC1)CC(=O)Nc1ccccc1O2. The largest absolute Gasteiger partial charge is 0.484 e. The van der Waals surface area contributed by atoms with Crippen molar-refractivity contribution in [1.29, 1.82) is 0 Å². The fraction of sp³-hybridized carbons (Fsp3) is 0.421. The van der Waals surface area contributed by atoms with Crippen molar-refractivity contribution in [3.8, 4) is 5.75 Å². The summed E-state index contributed by atoms with van der Waals surface area (Å²) in [7, 11) is 2.08. The number of fused-ring (bicyclic) bond motifs is 1. The van der Waals surface area contributed by atoms with Crippen LogP contribution in [-0.2, 0) is 18.4 Å². The number of aryl methyl sites for hydroxylation is 1. The Morgan fingerprint density at radius 2 is 1.96 bits per heavy atom. The van der Waals surface area contributed by atoms with Crippen LogP contribution in [0.4, 0.5) is 5.69 Å². The van der Waals surface area contributed by atoms with Crippen molar-refractivity contribution in [3.63, 3.8) is 0 Å². The van der Waals surface area contributed by atoms with Crippen molar-refractivity contribution >= 4 is 11.6 Å². The van der Waals surface area contributed by atoms with Crippen LogP contribution >= 0.6 is 0 Å². The lowest BCUT2D eigenvalue weighted by atomic mass is 9.87. The molecular formula is C19H23N3O2. The smallest absolute Gasteiger partial charge is 0.228 e. The number of rotatable bonds is 2. The van der Waals surface area contributed by atoms with Gasteiger partial charge in [-0.05, 0) is 24.3 Å². The van der Waals surface area contributed by atoms with Crippen molar-refractivity contribution in [2.24, 2.45) is 7.05 Å². The number of piperidine rings is 1. The minimum Gasteiger partial charge on any atom is -0.484 e. The van der Waals surface area contributed by atoms with Gasteiger partial charge in [0, 0.05) is 51.4 Å². The van der Waals surface area contributed by atoms with E-state index in [2.05, 4.69) is 40.2 Å². The molecule has 1 spiro atoms. The number of likely N-dealkylation sites (tertiary alicyclic amines) is 1. The highest BCUT2D eigenvalue weighted by molar-refractivity contribution is 5.93. The highest BCUT2D eigenvalue weighted by atomic mass is 16.5. The molecule has 2 aromatic rings. The van der Waals surface area contributed by atoms with Gasteiger partial charge in [-0.25, -0.2) is 0 Å². The molecule has 0 aliphatic carbocycles. The molecule has 0 bridgehead atoms. The second kappa shape index (κ2) is 5.98. The lowest BCUT2D eigenvalue weighted by Crippen LogP contribution is -2.48. The topological polar surface area (TPSA) is 46.5 Å². The van der Waals surface area contributed by atoms with Crippen LogP contribution in [0.3, 0.4) is 0 Å². The Labute approximate surface area is 142 Å². The summed E-state index contributed by atoms with van der Waals surface area (Å²) in [6, 6.07) is 12.0. The van der Waals surface area contributed by atoms with E-state index < -0.39 is 0 Å². The van der Waals surface area contributed by atoms with E-state index >= 15 is 0 Å². The summed E-state index contributed by atoms with van der Waals surface area (Å²) in [5.41, 5.74) is 1.72. The Kier molecular flexibility index (Phi) is 3.81. The molecule has 0 unspecified atom stereocenters. The van der Waals surface area contributed by atoms with E-state index in [-0.39, 0.29) is 11.5 Å². The molecule has 24 heavy (non-hydrogen) atoms. The standard InChI is InChI=1S/C19H23N3O2/c1-21-10-4-5-15(21)14-22-11-8-19(9-12-22)13-18(23)20-16-6-2-3-7-17(16)24-19/h2-7,10H,8-9,11-14H2,1H3,(H,20,23). The first kappa shape index (κ1) is 15.3. The number of benzene rings is 1. The number of nitrogens with zero attached hydrogens (tertiary/aromatic N) is 2. The van der Waals surface area contributed by atoms with Crippen LogP contribution in [-0.4, -0.2) is 34.1 Å². The number of amides is 1. The molecule has 1 fully saturated rings. The second-order valence-corrected chi connectivity index (χ2v) is 6.89. The Balaban J connectivity index is 1.47. The van der Waals surface area contributed by atoms with Gasteiger partial charge in [0.05, 0.1) is 12.1 Å². The van der Waals surface area contributed by atoms with Gasteiger partial charge in [-0.2, -0.15) is 0 Å². The molecule has 5 nitrogen and oxygen atoms in total. The minimum atomic E-state index is -0.374. The average molecular weight is 325 g/mol. The minimum absolute atomic E-state index is 0.0517. The molecule has 4 rings (SSSR count). The number of carbonyl (C=O) groups is 1. The maximum absolute atomic E-state index is 12.3. The summed E-state index contributed by atoms with van der Waals surface area (Å²) in [6.07, 6.45) is 4.26. The van der Waals surface area contributed by atoms with Crippen LogP contribution < -0.4 is 10.1 Å². The Morgan fingerprint density at radius 1 is 1.17 bits per heavy atom. The molecular weight excluding hydrogens is 302 g/mol. The van der Waals surface area contributed by atoms with E-state index in [4.69, 9.17) is 4.74 Å². The predicted molar refractivity (Wildman–Crippen MR) is 93.0 cm³/mol. The van der Waals surface area contributed by atoms with Gasteiger partial charge >= 0.3 is 0 Å². The van der Waals surface area contributed by atoms with Crippen LogP contribution in [0.25, 0.3) is 0 Å². The molecule has 126 valence electrons. The first-order chi connectivity index (χ1) is 11.6. The molecule has 1 aromatic heterocycles. The Morgan fingerprint density at radius 3 is 2.71 bits per heavy atom. The summed E-state index contributed by atoms with van der Waals surface area (Å²) in [5, 5.41) is 2.97. The third kappa shape index (κ3) is 2.91. The predicted octanol–water partition coefficient (Wildman–Crippen LogP) is 2.78. The molecule has 5 heteroatoms. The zero-order valence-corrected chi connectivity index (χ0v) is 14.0. The molecule has 1 N–H and O–H groups in total. The third-order valence-electron chi connectivity index (χ3n) is 5.17. The van der Waals surface area contributed by atoms with Crippen LogP contribution in [0.15, 0.2) is 42.6 Å². The molecule has 0 radical (unpaired) electrons. The number of carbonyl (C=O) groups excluding carboxylic acids is 1. The van der Waals surface area contributed by atoms with Gasteiger partial charge in [0.1, 0.15) is 11.4 Å². The third-order valence-corrected chi connectivity index (χ3v) is 5.17. The second-order valence-electron chi connectivity index (χ2n) is 6.89. The zero-order valence-electron chi connectivity index (χ0n) is 14.0. The molecule has 0 saturated carbocycles. The molecule has 2 aliphatic rings. The summed E-state index contributed by atoms with van der Waals surface area (Å²) >= 11 is 0. The molecule has 1 aromatic carbocycles. The van der Waals surface area contributed by atoms with Crippen LogP contribution in [0, 0.1) is 0 Å². The van der Waals surface area contributed by atoms with Crippen molar-refractivity contribution in [3.05, 3.63) is 48.3 Å². The maximum Gasteiger partial charge on any atom is 0.228 e. The molecule has 1 saturated heterocycles. The summed E-state index contributed by atoms with van der Waals surface area (Å²) < 4.78 is 8.51. The van der Waals surface area contributed by atoms with Crippen LogP contribution in [0.1, 0.15) is 25.0 Å². The van der Waals surface area contributed by atoms with Crippen molar-refractivity contribution in [2.75, 3.05) is 18.4 Å². The van der Waals surface area contributed by atoms with E-state index in [1.165, 1.54) is 5.69 Å². The monoisotopic (exact) mass is 325 g/mol. The van der Waals surface area contributed by atoms with Crippen molar-refractivity contribution in [2.45, 2.75) is 31.4 Å². The van der Waals surface area contributed by atoms with Crippen LogP contribution in [0.5, 0.6) is 5.75 Å². The highest BCUT2D eigenvalue weighted by Gasteiger charge is 2.41. The zero-order chi connectivity index (χ0) is 16.6. The van der Waals surface area contributed by atoms with Crippen molar-refractivity contribution in [1.82, 2.24) is 9.47 Å². The van der Waals surface area contributed by atoms with Crippen molar-refractivity contribution < 1.29 is 9.53 Å². The molecule has 3 heterocycles. The van der Waals surface area contributed by atoms with Crippen LogP contribution in [0.2, 0.25) is 0 Å². The first-order valence-corrected chi connectivity index (χ1v) is 8.54. The first-order valence-electron chi connectivity index (χ1n) is 8.54.